The molecule has 2 aromatic rings. The molecular formula is C12H9F2NOS. The van der Waals surface area contributed by atoms with Gasteiger partial charge in [0.15, 0.2) is 6.29 Å². The maximum absolute atomic E-state index is 13.1. The van der Waals surface area contributed by atoms with E-state index in [2.05, 4.69) is 4.98 Å². The van der Waals surface area contributed by atoms with E-state index in [1.54, 1.807) is 0 Å². The van der Waals surface area contributed by atoms with Crippen LogP contribution in [-0.4, -0.2) is 11.3 Å². The highest BCUT2D eigenvalue weighted by atomic mass is 32.1. The van der Waals surface area contributed by atoms with E-state index >= 15 is 0 Å². The lowest BCUT2D eigenvalue weighted by Gasteiger charge is -1.96. The summed E-state index contributed by atoms with van der Waals surface area (Å²) in [6.45, 7) is 1.90. The summed E-state index contributed by atoms with van der Waals surface area (Å²) >= 11 is 1.28. The molecule has 0 saturated heterocycles. The smallest absolute Gasteiger partial charge is 0.169 e. The normalized spacial score (nSPS) is 10.5. The van der Waals surface area contributed by atoms with Crippen molar-refractivity contribution in [3.05, 3.63) is 40.4 Å². The van der Waals surface area contributed by atoms with Gasteiger partial charge in [-0.1, -0.05) is 6.92 Å². The van der Waals surface area contributed by atoms with Gasteiger partial charge in [-0.3, -0.25) is 4.79 Å². The minimum Gasteiger partial charge on any atom is -0.296 e. The molecule has 5 heteroatoms. The quantitative estimate of drug-likeness (QED) is 0.784. The Bertz CT molecular complexity index is 545. The Labute approximate surface area is 101 Å². The summed E-state index contributed by atoms with van der Waals surface area (Å²) in [4.78, 5) is 15.6. The molecule has 0 spiro atoms. The molecular weight excluding hydrogens is 244 g/mol. The second kappa shape index (κ2) is 4.71. The lowest BCUT2D eigenvalue weighted by molar-refractivity contribution is 0.111. The average Bonchev–Trinajstić information content (AvgIpc) is 2.70. The van der Waals surface area contributed by atoms with E-state index in [0.29, 0.717) is 29.0 Å². The molecule has 1 aromatic heterocycles. The Balaban J connectivity index is 2.52. The van der Waals surface area contributed by atoms with Gasteiger partial charge < -0.3 is 0 Å². The summed E-state index contributed by atoms with van der Waals surface area (Å²) in [6.07, 6.45) is 1.33. The molecule has 0 radical (unpaired) electrons. The average molecular weight is 253 g/mol. The van der Waals surface area contributed by atoms with Crippen LogP contribution in [0.25, 0.3) is 10.6 Å². The maximum Gasteiger partial charge on any atom is 0.169 e. The molecule has 0 amide bonds. The predicted octanol–water partition coefficient (Wildman–Crippen LogP) is 3.46. The summed E-state index contributed by atoms with van der Waals surface area (Å²) in [5.74, 6) is -1.30. The Hall–Kier alpha value is -1.62. The topological polar surface area (TPSA) is 30.0 Å². The standard InChI is InChI=1S/C12H9F2NOS/c1-2-11-10(6-16)15-12(17-11)7-3-8(13)5-9(14)4-7/h3-6H,2H2,1H3. The summed E-state index contributed by atoms with van der Waals surface area (Å²) < 4.78 is 26.1. The molecule has 88 valence electrons. The second-order valence-electron chi connectivity index (χ2n) is 3.46. The lowest BCUT2D eigenvalue weighted by Crippen LogP contribution is -1.86. The zero-order valence-corrected chi connectivity index (χ0v) is 9.85. The first-order valence-electron chi connectivity index (χ1n) is 5.05. The molecule has 2 nitrogen and oxygen atoms in total. The molecule has 0 aliphatic rings. The first-order valence-corrected chi connectivity index (χ1v) is 5.87. The number of halogens is 2. The van der Waals surface area contributed by atoms with Crippen LogP contribution in [0.1, 0.15) is 22.3 Å². The highest BCUT2D eigenvalue weighted by molar-refractivity contribution is 7.15. The van der Waals surface area contributed by atoms with Gasteiger partial charge in [0.2, 0.25) is 0 Å². The number of aldehydes is 1. The van der Waals surface area contributed by atoms with Crippen molar-refractivity contribution in [1.29, 1.82) is 0 Å². The van der Waals surface area contributed by atoms with E-state index in [1.165, 1.54) is 23.5 Å². The molecule has 0 unspecified atom stereocenters. The first-order chi connectivity index (χ1) is 8.13. The van der Waals surface area contributed by atoms with E-state index in [1.807, 2.05) is 6.92 Å². The van der Waals surface area contributed by atoms with Crippen LogP contribution in [-0.2, 0) is 6.42 Å². The maximum atomic E-state index is 13.1. The Morgan fingerprint density at radius 1 is 1.29 bits per heavy atom. The fourth-order valence-electron chi connectivity index (χ4n) is 1.51. The van der Waals surface area contributed by atoms with Crippen molar-refractivity contribution < 1.29 is 13.6 Å². The molecule has 2 rings (SSSR count). The van der Waals surface area contributed by atoms with Gasteiger partial charge in [0.1, 0.15) is 22.3 Å². The van der Waals surface area contributed by atoms with Crippen LogP contribution in [0, 0.1) is 11.6 Å². The fraction of sp³-hybridized carbons (Fsp3) is 0.167. The number of carbonyl (C=O) groups excluding carboxylic acids is 1. The summed E-state index contributed by atoms with van der Waals surface area (Å²) in [5, 5.41) is 0.461. The molecule has 1 heterocycles. The predicted molar refractivity (Wildman–Crippen MR) is 62.2 cm³/mol. The van der Waals surface area contributed by atoms with Gasteiger partial charge in [-0.15, -0.1) is 11.3 Å². The molecule has 0 atom stereocenters. The number of rotatable bonds is 3. The van der Waals surface area contributed by atoms with Gasteiger partial charge in [-0.2, -0.15) is 0 Å². The second-order valence-corrected chi connectivity index (χ2v) is 4.54. The van der Waals surface area contributed by atoms with E-state index in [0.717, 1.165) is 10.9 Å². The zero-order valence-electron chi connectivity index (χ0n) is 9.04. The number of nitrogens with zero attached hydrogens (tertiary/aromatic N) is 1. The largest absolute Gasteiger partial charge is 0.296 e. The van der Waals surface area contributed by atoms with Gasteiger partial charge in [0.05, 0.1) is 0 Å². The monoisotopic (exact) mass is 253 g/mol. The number of aromatic nitrogens is 1. The van der Waals surface area contributed by atoms with Gasteiger partial charge in [-0.25, -0.2) is 13.8 Å². The van der Waals surface area contributed by atoms with Crippen molar-refractivity contribution in [2.24, 2.45) is 0 Å². The first kappa shape index (κ1) is 11.9. The Kier molecular flexibility index (Phi) is 3.28. The van der Waals surface area contributed by atoms with E-state index in [4.69, 9.17) is 0 Å². The molecule has 0 aliphatic carbocycles. The fourth-order valence-corrected chi connectivity index (χ4v) is 2.47. The number of aryl methyl sites for hydroxylation is 1. The van der Waals surface area contributed by atoms with Crippen LogP contribution in [0.15, 0.2) is 18.2 Å². The van der Waals surface area contributed by atoms with E-state index in [-0.39, 0.29) is 0 Å². The van der Waals surface area contributed by atoms with Gasteiger partial charge in [0, 0.05) is 16.5 Å². The third-order valence-corrected chi connectivity index (χ3v) is 3.53. The molecule has 1 aromatic carbocycles. The van der Waals surface area contributed by atoms with Crippen LogP contribution < -0.4 is 0 Å². The molecule has 0 aliphatic heterocycles. The van der Waals surface area contributed by atoms with Crippen molar-refractivity contribution >= 4 is 17.6 Å². The highest BCUT2D eigenvalue weighted by Crippen LogP contribution is 2.28. The SMILES string of the molecule is CCc1sc(-c2cc(F)cc(F)c2)nc1C=O. The van der Waals surface area contributed by atoms with Gasteiger partial charge >= 0.3 is 0 Å². The zero-order chi connectivity index (χ0) is 12.4. The minimum absolute atomic E-state index is 0.345. The van der Waals surface area contributed by atoms with Crippen molar-refractivity contribution in [2.45, 2.75) is 13.3 Å². The third-order valence-electron chi connectivity index (χ3n) is 2.27. The number of hydrogen-bond donors (Lipinski definition) is 0. The minimum atomic E-state index is -0.652. The van der Waals surface area contributed by atoms with Crippen LogP contribution in [0.4, 0.5) is 8.78 Å². The number of hydrogen-bond acceptors (Lipinski definition) is 3. The van der Waals surface area contributed by atoms with E-state index in [9.17, 15) is 13.6 Å². The molecule has 0 bridgehead atoms. The van der Waals surface area contributed by atoms with Crippen LogP contribution in [0.3, 0.4) is 0 Å². The number of thiazole rings is 1. The molecule has 0 fully saturated rings. The number of benzene rings is 1. The summed E-state index contributed by atoms with van der Waals surface area (Å²) in [6, 6.07) is 3.21. The number of carbonyl (C=O) groups is 1. The van der Waals surface area contributed by atoms with Crippen molar-refractivity contribution in [3.8, 4) is 10.6 Å². The van der Waals surface area contributed by atoms with E-state index < -0.39 is 11.6 Å². The van der Waals surface area contributed by atoms with Crippen molar-refractivity contribution in [3.63, 3.8) is 0 Å². The lowest BCUT2D eigenvalue weighted by atomic mass is 10.2. The van der Waals surface area contributed by atoms with Crippen molar-refractivity contribution in [1.82, 2.24) is 4.98 Å². The van der Waals surface area contributed by atoms with Crippen molar-refractivity contribution in [2.75, 3.05) is 0 Å². The summed E-state index contributed by atoms with van der Waals surface area (Å²) in [5.41, 5.74) is 0.701. The summed E-state index contributed by atoms with van der Waals surface area (Å²) in [7, 11) is 0. The Morgan fingerprint density at radius 2 is 1.94 bits per heavy atom. The molecule has 17 heavy (non-hydrogen) atoms. The molecule has 0 N–H and O–H groups in total. The third kappa shape index (κ3) is 2.39. The van der Waals surface area contributed by atoms with Gasteiger partial charge in [-0.05, 0) is 18.6 Å². The van der Waals surface area contributed by atoms with Crippen LogP contribution in [0.5, 0.6) is 0 Å². The Morgan fingerprint density at radius 3 is 2.41 bits per heavy atom. The highest BCUT2D eigenvalue weighted by Gasteiger charge is 2.12. The van der Waals surface area contributed by atoms with Gasteiger partial charge in [0.25, 0.3) is 0 Å². The van der Waals surface area contributed by atoms with Crippen LogP contribution in [0.2, 0.25) is 0 Å². The van der Waals surface area contributed by atoms with Crippen LogP contribution >= 0.6 is 11.3 Å². The molecule has 0 saturated carbocycles.